The first-order chi connectivity index (χ1) is 14.1. The molecule has 6 heteroatoms. The van der Waals surface area contributed by atoms with Crippen molar-refractivity contribution < 1.29 is 14.6 Å². The molecule has 1 spiro atoms. The number of nitrogens with one attached hydrogen (secondary N) is 1. The summed E-state index contributed by atoms with van der Waals surface area (Å²) in [5, 5.41) is 14.4. The smallest absolute Gasteiger partial charge is 0.410 e. The summed E-state index contributed by atoms with van der Waals surface area (Å²) in [7, 11) is 0. The van der Waals surface area contributed by atoms with Crippen LogP contribution in [0.4, 0.5) is 4.79 Å². The molecule has 2 unspecified atom stereocenters. The molecule has 30 heavy (non-hydrogen) atoms. The minimum absolute atomic E-state index is 0.157. The lowest BCUT2D eigenvalue weighted by Crippen LogP contribution is -2.60. The highest BCUT2D eigenvalue weighted by Crippen LogP contribution is 2.47. The van der Waals surface area contributed by atoms with E-state index in [0.717, 1.165) is 65.0 Å². The van der Waals surface area contributed by atoms with Crippen LogP contribution in [-0.2, 0) is 4.74 Å². The molecular weight excluding hydrogens is 378 g/mol. The quantitative estimate of drug-likeness (QED) is 0.723. The molecule has 0 aromatic rings. The maximum absolute atomic E-state index is 12.4. The highest BCUT2D eigenvalue weighted by Gasteiger charge is 2.48. The van der Waals surface area contributed by atoms with Crippen molar-refractivity contribution in [2.75, 3.05) is 39.3 Å². The van der Waals surface area contributed by atoms with Gasteiger partial charge in [-0.1, -0.05) is 13.3 Å². The standard InChI is InChI=1S/C24H45N3O3/c1-6-7-20(28)19-18-25-13-8-24(19)11-16-27(17-12-24)23(5)9-14-26(15-10-23)21(29)30-22(2,3)4/h19-20,25,28H,6-18H2,1-5H3. The number of amides is 1. The third-order valence-corrected chi connectivity index (χ3v) is 8.01. The van der Waals surface area contributed by atoms with Crippen LogP contribution in [0.3, 0.4) is 0 Å². The molecule has 1 amide bonds. The number of hydrogen-bond donors (Lipinski definition) is 2. The molecule has 0 aromatic carbocycles. The van der Waals surface area contributed by atoms with E-state index in [1.807, 2.05) is 25.7 Å². The Bertz CT molecular complexity index is 573. The topological polar surface area (TPSA) is 65.0 Å². The molecule has 0 aliphatic carbocycles. The molecule has 3 aliphatic heterocycles. The molecule has 0 bridgehead atoms. The third-order valence-electron chi connectivity index (χ3n) is 8.01. The average Bonchev–Trinajstić information content (AvgIpc) is 2.68. The molecule has 3 saturated heterocycles. The van der Waals surface area contributed by atoms with Gasteiger partial charge in [0.15, 0.2) is 0 Å². The van der Waals surface area contributed by atoms with Gasteiger partial charge in [-0.05, 0) is 91.3 Å². The van der Waals surface area contributed by atoms with Crippen LogP contribution >= 0.6 is 0 Å². The van der Waals surface area contributed by atoms with Gasteiger partial charge in [0, 0.05) is 31.1 Å². The predicted octanol–water partition coefficient (Wildman–Crippen LogP) is 3.63. The van der Waals surface area contributed by atoms with Crippen LogP contribution in [-0.4, -0.2) is 77.5 Å². The SMILES string of the molecule is CCCC(O)C1CNCCC12CCN(C1(C)CCN(C(=O)OC(C)(C)C)CC1)CC2. The molecule has 0 radical (unpaired) electrons. The first-order valence-electron chi connectivity index (χ1n) is 12.2. The Labute approximate surface area is 183 Å². The summed E-state index contributed by atoms with van der Waals surface area (Å²) in [4.78, 5) is 17.0. The van der Waals surface area contributed by atoms with E-state index < -0.39 is 5.60 Å². The largest absolute Gasteiger partial charge is 0.444 e. The lowest BCUT2D eigenvalue weighted by molar-refractivity contribution is -0.0731. The van der Waals surface area contributed by atoms with Crippen LogP contribution in [0, 0.1) is 11.3 Å². The van der Waals surface area contributed by atoms with Crippen molar-refractivity contribution in [3.63, 3.8) is 0 Å². The molecule has 3 rings (SSSR count). The van der Waals surface area contributed by atoms with Crippen molar-refractivity contribution in [2.24, 2.45) is 11.3 Å². The number of nitrogens with zero attached hydrogens (tertiary/aromatic N) is 2. The number of carbonyl (C=O) groups excluding carboxylic acids is 1. The first kappa shape index (κ1) is 23.8. The summed E-state index contributed by atoms with van der Waals surface area (Å²) in [6.45, 7) is 16.1. The molecule has 3 heterocycles. The van der Waals surface area contributed by atoms with Crippen molar-refractivity contribution >= 4 is 6.09 Å². The Morgan fingerprint density at radius 3 is 2.33 bits per heavy atom. The summed E-state index contributed by atoms with van der Waals surface area (Å²) < 4.78 is 5.56. The van der Waals surface area contributed by atoms with Gasteiger partial charge in [0.25, 0.3) is 0 Å². The van der Waals surface area contributed by atoms with Crippen LogP contribution in [0.5, 0.6) is 0 Å². The van der Waals surface area contributed by atoms with E-state index in [-0.39, 0.29) is 17.7 Å². The zero-order valence-electron chi connectivity index (χ0n) is 20.0. The van der Waals surface area contributed by atoms with Crippen molar-refractivity contribution in [3.8, 4) is 0 Å². The molecule has 3 aliphatic rings. The van der Waals surface area contributed by atoms with Gasteiger partial charge in [0.2, 0.25) is 0 Å². The Hall–Kier alpha value is -0.850. The first-order valence-corrected chi connectivity index (χ1v) is 12.2. The predicted molar refractivity (Wildman–Crippen MR) is 121 cm³/mol. The molecule has 174 valence electrons. The number of carbonyl (C=O) groups is 1. The fourth-order valence-corrected chi connectivity index (χ4v) is 5.96. The Morgan fingerprint density at radius 1 is 1.13 bits per heavy atom. The minimum atomic E-state index is -0.438. The van der Waals surface area contributed by atoms with Crippen LogP contribution < -0.4 is 5.32 Å². The van der Waals surface area contributed by atoms with Crippen LogP contribution in [0.1, 0.15) is 79.6 Å². The maximum atomic E-state index is 12.4. The highest BCUT2D eigenvalue weighted by atomic mass is 16.6. The van der Waals surface area contributed by atoms with Crippen molar-refractivity contribution in [3.05, 3.63) is 0 Å². The number of hydrogen-bond acceptors (Lipinski definition) is 5. The Kier molecular flexibility index (Phi) is 7.41. The van der Waals surface area contributed by atoms with E-state index in [1.54, 1.807) is 0 Å². The van der Waals surface area contributed by atoms with Gasteiger partial charge in [-0.15, -0.1) is 0 Å². The monoisotopic (exact) mass is 423 g/mol. The van der Waals surface area contributed by atoms with E-state index in [4.69, 9.17) is 4.74 Å². The highest BCUT2D eigenvalue weighted by molar-refractivity contribution is 5.68. The number of aliphatic hydroxyl groups excluding tert-OH is 1. The van der Waals surface area contributed by atoms with Crippen LogP contribution in [0.15, 0.2) is 0 Å². The number of aliphatic hydroxyl groups is 1. The summed E-state index contributed by atoms with van der Waals surface area (Å²) in [6.07, 6.45) is 7.17. The van der Waals surface area contributed by atoms with Gasteiger partial charge in [-0.3, -0.25) is 4.90 Å². The van der Waals surface area contributed by atoms with E-state index in [2.05, 4.69) is 24.1 Å². The van der Waals surface area contributed by atoms with Crippen molar-refractivity contribution in [1.29, 1.82) is 0 Å². The van der Waals surface area contributed by atoms with Gasteiger partial charge in [0.1, 0.15) is 5.60 Å². The lowest BCUT2D eigenvalue weighted by Gasteiger charge is -2.55. The Morgan fingerprint density at radius 2 is 1.77 bits per heavy atom. The molecule has 6 nitrogen and oxygen atoms in total. The molecule has 2 N–H and O–H groups in total. The van der Waals surface area contributed by atoms with Crippen molar-refractivity contribution in [2.45, 2.75) is 96.8 Å². The molecule has 3 fully saturated rings. The number of likely N-dealkylation sites (tertiary alicyclic amines) is 2. The molecule has 0 aromatic heterocycles. The van der Waals surface area contributed by atoms with E-state index in [9.17, 15) is 9.90 Å². The van der Waals surface area contributed by atoms with Gasteiger partial charge < -0.3 is 20.1 Å². The number of ether oxygens (including phenoxy) is 1. The molecular formula is C24H45N3O3. The summed E-state index contributed by atoms with van der Waals surface area (Å²) in [6, 6.07) is 0. The zero-order chi connectivity index (χ0) is 22.0. The van der Waals surface area contributed by atoms with Gasteiger partial charge in [-0.25, -0.2) is 4.79 Å². The second kappa shape index (κ2) is 9.33. The van der Waals surface area contributed by atoms with Crippen LogP contribution in [0.2, 0.25) is 0 Å². The normalized spacial score (nSPS) is 28.3. The molecule has 0 saturated carbocycles. The zero-order valence-corrected chi connectivity index (χ0v) is 20.0. The van der Waals surface area contributed by atoms with Gasteiger partial charge in [0.05, 0.1) is 6.10 Å². The summed E-state index contributed by atoms with van der Waals surface area (Å²) in [5.41, 5.74) is 0.0151. The minimum Gasteiger partial charge on any atom is -0.444 e. The molecule has 2 atom stereocenters. The lowest BCUT2D eigenvalue weighted by atomic mass is 9.62. The maximum Gasteiger partial charge on any atom is 0.410 e. The fraction of sp³-hybridized carbons (Fsp3) is 0.958. The second-order valence-electron chi connectivity index (χ2n) is 11.2. The number of piperidine rings is 3. The fourth-order valence-electron chi connectivity index (χ4n) is 5.96. The van der Waals surface area contributed by atoms with Gasteiger partial charge >= 0.3 is 6.09 Å². The van der Waals surface area contributed by atoms with Gasteiger partial charge in [-0.2, -0.15) is 0 Å². The number of rotatable bonds is 4. The second-order valence-corrected chi connectivity index (χ2v) is 11.2. The third kappa shape index (κ3) is 5.31. The summed E-state index contributed by atoms with van der Waals surface area (Å²) >= 11 is 0. The summed E-state index contributed by atoms with van der Waals surface area (Å²) in [5.74, 6) is 0.384. The van der Waals surface area contributed by atoms with Crippen molar-refractivity contribution in [1.82, 2.24) is 15.1 Å². The Balaban J connectivity index is 1.56. The average molecular weight is 424 g/mol. The van der Waals surface area contributed by atoms with E-state index >= 15 is 0 Å². The van der Waals surface area contributed by atoms with E-state index in [1.165, 1.54) is 19.3 Å². The van der Waals surface area contributed by atoms with Crippen LogP contribution in [0.25, 0.3) is 0 Å². The van der Waals surface area contributed by atoms with E-state index in [0.29, 0.717) is 11.3 Å².